The molecule has 1 aliphatic rings. The lowest BCUT2D eigenvalue weighted by molar-refractivity contribution is -0.121. The second kappa shape index (κ2) is 7.08. The number of hydrogen-bond donors (Lipinski definition) is 1. The van der Waals surface area contributed by atoms with Crippen molar-refractivity contribution < 1.29 is 9.18 Å². The van der Waals surface area contributed by atoms with E-state index in [1.54, 1.807) is 30.5 Å². The second-order valence-corrected chi connectivity index (χ2v) is 6.77. The maximum atomic E-state index is 13.5. The first-order chi connectivity index (χ1) is 11.1. The van der Waals surface area contributed by atoms with Crippen LogP contribution in [0, 0.1) is 12.7 Å². The Labute approximate surface area is 139 Å². The standard InChI is InChI=1S/C17H20FN3OS/c1-12-2-3-13(10-15(12)18)4-5-16(22)20-14-6-8-21(11-14)17-19-7-9-23-17/h2-3,7,9-10,14H,4-6,8,11H2,1H3,(H,20,22). The zero-order chi connectivity index (χ0) is 16.2. The highest BCUT2D eigenvalue weighted by Crippen LogP contribution is 2.22. The molecule has 122 valence electrons. The fourth-order valence-corrected chi connectivity index (χ4v) is 3.45. The minimum Gasteiger partial charge on any atom is -0.352 e. The van der Waals surface area contributed by atoms with Crippen LogP contribution in [0.25, 0.3) is 0 Å². The van der Waals surface area contributed by atoms with E-state index in [9.17, 15) is 9.18 Å². The molecule has 1 saturated heterocycles. The number of nitrogens with one attached hydrogen (secondary N) is 1. The van der Waals surface area contributed by atoms with E-state index in [-0.39, 0.29) is 17.8 Å². The summed E-state index contributed by atoms with van der Waals surface area (Å²) in [4.78, 5) is 18.6. The van der Waals surface area contributed by atoms with Crippen LogP contribution in [0.15, 0.2) is 29.8 Å². The molecule has 1 fully saturated rings. The quantitative estimate of drug-likeness (QED) is 0.915. The molecule has 2 aromatic rings. The van der Waals surface area contributed by atoms with Gasteiger partial charge in [-0.05, 0) is 37.0 Å². The van der Waals surface area contributed by atoms with Crippen LogP contribution >= 0.6 is 11.3 Å². The molecule has 6 heteroatoms. The van der Waals surface area contributed by atoms with Gasteiger partial charge in [0.25, 0.3) is 0 Å². The first kappa shape index (κ1) is 15.9. The van der Waals surface area contributed by atoms with Gasteiger partial charge < -0.3 is 10.2 Å². The van der Waals surface area contributed by atoms with Crippen molar-refractivity contribution in [2.75, 3.05) is 18.0 Å². The van der Waals surface area contributed by atoms with Crippen molar-refractivity contribution in [2.24, 2.45) is 0 Å². The average Bonchev–Trinajstić information content (AvgIpc) is 3.19. The van der Waals surface area contributed by atoms with Crippen LogP contribution in [0.4, 0.5) is 9.52 Å². The third-order valence-electron chi connectivity index (χ3n) is 4.12. The summed E-state index contributed by atoms with van der Waals surface area (Å²) >= 11 is 1.62. The number of carbonyl (C=O) groups is 1. The van der Waals surface area contributed by atoms with Gasteiger partial charge in [-0.2, -0.15) is 0 Å². The lowest BCUT2D eigenvalue weighted by atomic mass is 10.1. The second-order valence-electron chi connectivity index (χ2n) is 5.90. The Morgan fingerprint density at radius 2 is 2.39 bits per heavy atom. The number of aromatic nitrogens is 1. The molecule has 1 aromatic carbocycles. The highest BCUT2D eigenvalue weighted by Gasteiger charge is 2.25. The summed E-state index contributed by atoms with van der Waals surface area (Å²) in [6, 6.07) is 5.32. The van der Waals surface area contributed by atoms with Crippen LogP contribution in [0.1, 0.15) is 24.0 Å². The van der Waals surface area contributed by atoms with Crippen molar-refractivity contribution in [1.82, 2.24) is 10.3 Å². The van der Waals surface area contributed by atoms with E-state index in [1.807, 2.05) is 11.4 Å². The van der Waals surface area contributed by atoms with Crippen LogP contribution in [0.5, 0.6) is 0 Å². The average molecular weight is 333 g/mol. The number of halogens is 1. The van der Waals surface area contributed by atoms with Gasteiger partial charge in [0, 0.05) is 37.1 Å². The number of rotatable bonds is 5. The summed E-state index contributed by atoms with van der Waals surface area (Å²) in [6.07, 6.45) is 3.68. The molecule has 0 radical (unpaired) electrons. The zero-order valence-corrected chi connectivity index (χ0v) is 13.9. The van der Waals surface area contributed by atoms with Crippen molar-refractivity contribution >= 4 is 22.4 Å². The Morgan fingerprint density at radius 3 is 3.13 bits per heavy atom. The van der Waals surface area contributed by atoms with E-state index in [4.69, 9.17) is 0 Å². The summed E-state index contributed by atoms with van der Waals surface area (Å²) in [5.41, 5.74) is 1.49. The predicted octanol–water partition coefficient (Wildman–Crippen LogP) is 2.92. The van der Waals surface area contributed by atoms with Crippen LogP contribution in [0.2, 0.25) is 0 Å². The number of benzene rings is 1. The Morgan fingerprint density at radius 1 is 1.52 bits per heavy atom. The molecule has 0 aliphatic carbocycles. The SMILES string of the molecule is Cc1ccc(CCC(=O)NC2CCN(c3nccs3)C2)cc1F. The first-order valence-corrected chi connectivity index (χ1v) is 8.68. The smallest absolute Gasteiger partial charge is 0.220 e. The lowest BCUT2D eigenvalue weighted by Gasteiger charge is -2.15. The molecule has 4 nitrogen and oxygen atoms in total. The maximum Gasteiger partial charge on any atom is 0.220 e. The van der Waals surface area contributed by atoms with Crippen molar-refractivity contribution in [2.45, 2.75) is 32.2 Å². The van der Waals surface area contributed by atoms with Crippen molar-refractivity contribution in [3.63, 3.8) is 0 Å². The molecule has 23 heavy (non-hydrogen) atoms. The highest BCUT2D eigenvalue weighted by molar-refractivity contribution is 7.13. The van der Waals surface area contributed by atoms with Crippen LogP contribution in [0.3, 0.4) is 0 Å². The van der Waals surface area contributed by atoms with Crippen molar-refractivity contribution in [3.8, 4) is 0 Å². The lowest BCUT2D eigenvalue weighted by Crippen LogP contribution is -2.37. The Kier molecular flexibility index (Phi) is 4.91. The topological polar surface area (TPSA) is 45.2 Å². The van der Waals surface area contributed by atoms with Gasteiger partial charge in [-0.3, -0.25) is 4.79 Å². The molecule has 2 heterocycles. The fourth-order valence-electron chi connectivity index (χ4n) is 2.77. The Balaban J connectivity index is 1.45. The van der Waals surface area contributed by atoms with Gasteiger partial charge in [0.05, 0.1) is 0 Å². The van der Waals surface area contributed by atoms with Gasteiger partial charge in [-0.15, -0.1) is 11.3 Å². The highest BCUT2D eigenvalue weighted by atomic mass is 32.1. The van der Waals surface area contributed by atoms with Crippen LogP contribution in [-0.4, -0.2) is 30.0 Å². The van der Waals surface area contributed by atoms with E-state index < -0.39 is 0 Å². The van der Waals surface area contributed by atoms with E-state index >= 15 is 0 Å². The zero-order valence-electron chi connectivity index (χ0n) is 13.1. The minimum atomic E-state index is -0.210. The number of nitrogens with zero attached hydrogens (tertiary/aromatic N) is 2. The Bertz CT molecular complexity index is 674. The van der Waals surface area contributed by atoms with Gasteiger partial charge in [0.1, 0.15) is 5.82 Å². The third-order valence-corrected chi connectivity index (χ3v) is 4.95. The van der Waals surface area contributed by atoms with Gasteiger partial charge >= 0.3 is 0 Å². The van der Waals surface area contributed by atoms with Crippen LogP contribution in [-0.2, 0) is 11.2 Å². The monoisotopic (exact) mass is 333 g/mol. The number of thiazole rings is 1. The van der Waals surface area contributed by atoms with E-state index in [1.165, 1.54) is 6.07 Å². The molecule has 0 bridgehead atoms. The molecule has 1 atom stereocenters. The third kappa shape index (κ3) is 4.07. The first-order valence-electron chi connectivity index (χ1n) is 7.80. The van der Waals surface area contributed by atoms with Gasteiger partial charge in [0.15, 0.2) is 5.13 Å². The number of hydrogen-bond acceptors (Lipinski definition) is 4. The predicted molar refractivity (Wildman–Crippen MR) is 90.3 cm³/mol. The number of anilines is 1. The number of carbonyl (C=O) groups excluding carboxylic acids is 1. The maximum absolute atomic E-state index is 13.5. The van der Waals surface area contributed by atoms with Crippen LogP contribution < -0.4 is 10.2 Å². The number of aryl methyl sites for hydroxylation is 2. The molecule has 3 rings (SSSR count). The summed E-state index contributed by atoms with van der Waals surface area (Å²) < 4.78 is 13.5. The molecule has 1 unspecified atom stereocenters. The Hall–Kier alpha value is -1.95. The summed E-state index contributed by atoms with van der Waals surface area (Å²) in [6.45, 7) is 3.46. The van der Waals surface area contributed by atoms with Crippen molar-refractivity contribution in [3.05, 3.63) is 46.7 Å². The van der Waals surface area contributed by atoms with Gasteiger partial charge in [-0.1, -0.05) is 12.1 Å². The normalized spacial score (nSPS) is 17.5. The minimum absolute atomic E-state index is 0.0250. The molecule has 1 N–H and O–H groups in total. The molecule has 0 spiro atoms. The fraction of sp³-hybridized carbons (Fsp3) is 0.412. The largest absolute Gasteiger partial charge is 0.352 e. The number of amides is 1. The van der Waals surface area contributed by atoms with Gasteiger partial charge in [0.2, 0.25) is 5.91 Å². The van der Waals surface area contributed by atoms with E-state index in [0.717, 1.165) is 30.2 Å². The van der Waals surface area contributed by atoms with Gasteiger partial charge in [-0.25, -0.2) is 9.37 Å². The summed E-state index contributed by atoms with van der Waals surface area (Å²) in [5.74, 6) is -0.185. The molecule has 1 aromatic heterocycles. The summed E-state index contributed by atoms with van der Waals surface area (Å²) in [5, 5.41) is 6.04. The molecule has 1 aliphatic heterocycles. The van der Waals surface area contributed by atoms with Crippen molar-refractivity contribution in [1.29, 1.82) is 0 Å². The molecular weight excluding hydrogens is 313 g/mol. The van der Waals surface area contributed by atoms with E-state index in [2.05, 4.69) is 15.2 Å². The summed E-state index contributed by atoms with van der Waals surface area (Å²) in [7, 11) is 0. The van der Waals surface area contributed by atoms with E-state index in [0.29, 0.717) is 18.4 Å². The molecule has 0 saturated carbocycles. The molecule has 1 amide bonds. The molecular formula is C17H20FN3OS.